The van der Waals surface area contributed by atoms with Crippen LogP contribution >= 0.6 is 0 Å². The van der Waals surface area contributed by atoms with Crippen molar-refractivity contribution in [1.29, 1.82) is 0 Å². The molecule has 6 nitrogen and oxygen atoms in total. The van der Waals surface area contributed by atoms with E-state index in [9.17, 15) is 13.2 Å². The molecule has 0 radical (unpaired) electrons. The van der Waals surface area contributed by atoms with Gasteiger partial charge in [-0.05, 0) is 87.4 Å². The summed E-state index contributed by atoms with van der Waals surface area (Å²) in [5.74, 6) is 0.308. The summed E-state index contributed by atoms with van der Waals surface area (Å²) in [6, 6.07) is 12.0. The number of hydrogen-bond acceptors (Lipinski definition) is 4. The van der Waals surface area contributed by atoms with Gasteiger partial charge in [0.15, 0.2) is 0 Å². The molecule has 1 amide bonds. The van der Waals surface area contributed by atoms with Crippen molar-refractivity contribution in [2.24, 2.45) is 0 Å². The first kappa shape index (κ1) is 23.1. The van der Waals surface area contributed by atoms with Gasteiger partial charge in [-0.15, -0.1) is 0 Å². The molecule has 0 aromatic heterocycles. The van der Waals surface area contributed by atoms with Gasteiger partial charge < -0.3 is 10.1 Å². The third kappa shape index (κ3) is 5.58. The van der Waals surface area contributed by atoms with Gasteiger partial charge in [-0.3, -0.25) is 9.10 Å². The van der Waals surface area contributed by atoms with E-state index in [1.165, 1.54) is 24.0 Å². The molecule has 0 saturated heterocycles. The van der Waals surface area contributed by atoms with Gasteiger partial charge in [-0.25, -0.2) is 8.42 Å². The van der Waals surface area contributed by atoms with Crippen molar-refractivity contribution < 1.29 is 17.9 Å². The Morgan fingerprint density at radius 1 is 1.06 bits per heavy atom. The average molecular weight is 445 g/mol. The van der Waals surface area contributed by atoms with Crippen LogP contribution in [0.4, 0.5) is 5.69 Å². The minimum Gasteiger partial charge on any atom is -0.494 e. The number of nitrogens with zero attached hydrogens (tertiary/aromatic N) is 1. The second kappa shape index (κ2) is 9.73. The molecule has 3 rings (SSSR count). The number of sulfonamides is 1. The lowest BCUT2D eigenvalue weighted by Gasteiger charge is -2.29. The zero-order chi connectivity index (χ0) is 22.6. The van der Waals surface area contributed by atoms with Crippen molar-refractivity contribution in [3.63, 3.8) is 0 Å². The third-order valence-electron chi connectivity index (χ3n) is 5.72. The van der Waals surface area contributed by atoms with Crippen LogP contribution in [-0.4, -0.2) is 33.2 Å². The van der Waals surface area contributed by atoms with Gasteiger partial charge in [0.2, 0.25) is 15.9 Å². The number of amides is 1. The molecule has 1 N–H and O–H groups in total. The Labute approximate surface area is 185 Å². The number of anilines is 1. The van der Waals surface area contributed by atoms with Gasteiger partial charge in [-0.2, -0.15) is 0 Å². The summed E-state index contributed by atoms with van der Waals surface area (Å²) in [6.07, 6.45) is 5.71. The van der Waals surface area contributed by atoms with E-state index in [2.05, 4.69) is 23.5 Å². The maximum absolute atomic E-state index is 13.0. The quantitative estimate of drug-likeness (QED) is 0.668. The molecule has 0 fully saturated rings. The number of fused-ring (bicyclic) bond motifs is 1. The molecule has 0 heterocycles. The molecule has 0 aliphatic heterocycles. The minimum absolute atomic E-state index is 0.219. The van der Waals surface area contributed by atoms with Crippen molar-refractivity contribution in [3.05, 3.63) is 59.2 Å². The fraction of sp³-hybridized carbons (Fsp3) is 0.458. The van der Waals surface area contributed by atoms with Crippen molar-refractivity contribution in [2.45, 2.75) is 58.5 Å². The number of carbonyl (C=O) groups excluding carboxylic acids is 1. The van der Waals surface area contributed by atoms with Crippen molar-refractivity contribution in [1.82, 2.24) is 5.32 Å². The Kier molecular flexibility index (Phi) is 7.26. The molecule has 0 spiro atoms. The molecule has 2 aromatic carbocycles. The SMILES string of the molecule is CCOc1ccc(N([C@H](C)C(=O)N[C@@H](C)c2ccc3c(c2)CCCC3)S(C)(=O)=O)cc1. The fourth-order valence-corrected chi connectivity index (χ4v) is 5.28. The molecule has 0 saturated carbocycles. The third-order valence-corrected chi connectivity index (χ3v) is 6.96. The van der Waals surface area contributed by atoms with Crippen molar-refractivity contribution in [3.8, 4) is 5.75 Å². The van der Waals surface area contributed by atoms with Crippen LogP contribution in [0.2, 0.25) is 0 Å². The highest BCUT2D eigenvalue weighted by atomic mass is 32.2. The molecule has 0 unspecified atom stereocenters. The largest absolute Gasteiger partial charge is 0.494 e. The number of aryl methyl sites for hydroxylation is 2. The highest BCUT2D eigenvalue weighted by Crippen LogP contribution is 2.26. The van der Waals surface area contributed by atoms with Crippen LogP contribution in [0.5, 0.6) is 5.75 Å². The predicted octanol–water partition coefficient (Wildman–Crippen LogP) is 4.00. The number of hydrogen-bond donors (Lipinski definition) is 1. The second-order valence-electron chi connectivity index (χ2n) is 8.13. The summed E-state index contributed by atoms with van der Waals surface area (Å²) in [5, 5.41) is 2.99. The average Bonchev–Trinajstić information content (AvgIpc) is 2.74. The van der Waals surface area contributed by atoms with Crippen LogP contribution in [0.3, 0.4) is 0 Å². The first-order valence-corrected chi connectivity index (χ1v) is 12.7. The first-order valence-electron chi connectivity index (χ1n) is 10.8. The number of carbonyl (C=O) groups is 1. The number of nitrogens with one attached hydrogen (secondary N) is 1. The topological polar surface area (TPSA) is 75.7 Å². The lowest BCUT2D eigenvalue weighted by atomic mass is 9.89. The van der Waals surface area contributed by atoms with Crippen molar-refractivity contribution >= 4 is 21.6 Å². The molecule has 7 heteroatoms. The van der Waals surface area contributed by atoms with Gasteiger partial charge in [0, 0.05) is 0 Å². The molecule has 1 aliphatic rings. The summed E-state index contributed by atoms with van der Waals surface area (Å²) in [5.41, 5.74) is 4.20. The zero-order valence-electron chi connectivity index (χ0n) is 18.7. The Hall–Kier alpha value is -2.54. The minimum atomic E-state index is -3.67. The lowest BCUT2D eigenvalue weighted by Crippen LogP contribution is -2.48. The van der Waals surface area contributed by atoms with Crippen LogP contribution in [0, 0.1) is 0 Å². The smallest absolute Gasteiger partial charge is 0.244 e. The molecule has 2 aromatic rings. The zero-order valence-corrected chi connectivity index (χ0v) is 19.5. The van der Waals surface area contributed by atoms with Crippen molar-refractivity contribution in [2.75, 3.05) is 17.2 Å². The summed E-state index contributed by atoms with van der Waals surface area (Å²) in [4.78, 5) is 13.0. The van der Waals surface area contributed by atoms with E-state index in [1.54, 1.807) is 31.2 Å². The van der Waals surface area contributed by atoms with Crippen LogP contribution < -0.4 is 14.4 Å². The fourth-order valence-electron chi connectivity index (χ4n) is 4.10. The van der Waals surface area contributed by atoms with Gasteiger partial charge in [0.1, 0.15) is 11.8 Å². The highest BCUT2D eigenvalue weighted by Gasteiger charge is 2.30. The molecule has 1 aliphatic carbocycles. The maximum Gasteiger partial charge on any atom is 0.244 e. The van der Waals surface area contributed by atoms with E-state index in [1.807, 2.05) is 13.8 Å². The molecule has 168 valence electrons. The highest BCUT2D eigenvalue weighted by molar-refractivity contribution is 7.92. The van der Waals surface area contributed by atoms with Gasteiger partial charge in [0.05, 0.1) is 24.6 Å². The van der Waals surface area contributed by atoms with Gasteiger partial charge in [-0.1, -0.05) is 18.2 Å². The molecule has 31 heavy (non-hydrogen) atoms. The van der Waals surface area contributed by atoms with Crippen LogP contribution in [-0.2, 0) is 27.7 Å². The number of benzene rings is 2. The van der Waals surface area contributed by atoms with Gasteiger partial charge in [0.25, 0.3) is 0 Å². The predicted molar refractivity (Wildman–Crippen MR) is 124 cm³/mol. The maximum atomic E-state index is 13.0. The number of rotatable bonds is 8. The Morgan fingerprint density at radius 2 is 1.71 bits per heavy atom. The molecule has 0 bridgehead atoms. The van der Waals surface area contributed by atoms with E-state index in [4.69, 9.17) is 4.74 Å². The summed E-state index contributed by atoms with van der Waals surface area (Å²) >= 11 is 0. The Balaban J connectivity index is 1.76. The van der Waals surface area contributed by atoms with E-state index in [0.29, 0.717) is 18.0 Å². The van der Waals surface area contributed by atoms with Crippen LogP contribution in [0.15, 0.2) is 42.5 Å². The normalized spacial score (nSPS) is 15.5. The lowest BCUT2D eigenvalue weighted by molar-refractivity contribution is -0.122. The first-order chi connectivity index (χ1) is 14.7. The Morgan fingerprint density at radius 3 is 2.32 bits per heavy atom. The molecule has 2 atom stereocenters. The van der Waals surface area contributed by atoms with Crippen LogP contribution in [0.1, 0.15) is 56.3 Å². The monoisotopic (exact) mass is 444 g/mol. The summed E-state index contributed by atoms with van der Waals surface area (Å²) < 4.78 is 31.6. The van der Waals surface area contributed by atoms with E-state index in [0.717, 1.165) is 29.0 Å². The summed E-state index contributed by atoms with van der Waals surface area (Å²) in [7, 11) is -3.67. The van der Waals surface area contributed by atoms with E-state index < -0.39 is 16.1 Å². The van der Waals surface area contributed by atoms with E-state index >= 15 is 0 Å². The molecular weight excluding hydrogens is 412 g/mol. The number of ether oxygens (including phenoxy) is 1. The standard InChI is InChI=1S/C24H32N2O4S/c1-5-30-23-14-12-22(13-15-23)26(31(4,28)29)18(3)24(27)25-17(2)20-11-10-19-8-6-7-9-21(19)16-20/h10-18H,5-9H2,1-4H3,(H,25,27)/t17-,18+/m0/s1. The van der Waals surface area contributed by atoms with E-state index in [-0.39, 0.29) is 11.9 Å². The molecular formula is C24H32N2O4S. The van der Waals surface area contributed by atoms with Gasteiger partial charge >= 0.3 is 0 Å². The second-order valence-corrected chi connectivity index (χ2v) is 9.99. The summed E-state index contributed by atoms with van der Waals surface area (Å²) in [6.45, 7) is 5.94. The Bertz CT molecular complexity index is 1020. The van der Waals surface area contributed by atoms with Crippen LogP contribution in [0.25, 0.3) is 0 Å².